The minimum atomic E-state index is -0.206. The number of carbonyl (C=O) groups excluding carboxylic acids is 1. The number of methoxy groups -OCH3 is 1. The Bertz CT molecular complexity index is 1630. The molecule has 0 spiro atoms. The molecule has 1 saturated heterocycles. The maximum Gasteiger partial charge on any atom is 0.250 e. The van der Waals surface area contributed by atoms with Crippen molar-refractivity contribution in [2.24, 2.45) is 0 Å². The Morgan fingerprint density at radius 3 is 2.74 bits per heavy atom. The van der Waals surface area contributed by atoms with E-state index in [1.165, 1.54) is 7.11 Å². The Kier molecular flexibility index (Phi) is 6.82. The van der Waals surface area contributed by atoms with Crippen LogP contribution in [-0.4, -0.2) is 39.3 Å². The lowest BCUT2D eigenvalue weighted by Gasteiger charge is -2.29. The highest BCUT2D eigenvalue weighted by Crippen LogP contribution is 2.43. The molecule has 5 aromatic rings. The summed E-state index contributed by atoms with van der Waals surface area (Å²) in [5.74, 6) is -0.200. The second-order valence-corrected chi connectivity index (χ2v) is 10.6. The van der Waals surface area contributed by atoms with E-state index in [4.69, 9.17) is 21.9 Å². The largest absolute Gasteiger partial charge is 0.375 e. The van der Waals surface area contributed by atoms with Gasteiger partial charge in [-0.15, -0.1) is 0 Å². The van der Waals surface area contributed by atoms with Crippen LogP contribution < -0.4 is 15.5 Å². The minimum Gasteiger partial charge on any atom is -0.375 e. The van der Waals surface area contributed by atoms with Crippen molar-refractivity contribution in [1.82, 2.24) is 19.9 Å². The summed E-state index contributed by atoms with van der Waals surface area (Å²) < 4.78 is 8.22. The summed E-state index contributed by atoms with van der Waals surface area (Å²) in [4.78, 5) is 23.8. The van der Waals surface area contributed by atoms with Crippen LogP contribution in [-0.2, 0) is 9.53 Å². The van der Waals surface area contributed by atoms with Gasteiger partial charge in [0.05, 0.1) is 27.6 Å². The minimum absolute atomic E-state index is 0.00208. The number of nitrogens with zero attached hydrogens (tertiary/aromatic N) is 4. The number of aromatic nitrogens is 3. The number of anilines is 2. The molecule has 0 saturated carbocycles. The van der Waals surface area contributed by atoms with Crippen LogP contribution in [0.1, 0.15) is 29.0 Å². The van der Waals surface area contributed by atoms with E-state index >= 15 is 0 Å². The maximum atomic E-state index is 12.1. The van der Waals surface area contributed by atoms with E-state index in [2.05, 4.69) is 37.2 Å². The van der Waals surface area contributed by atoms with Gasteiger partial charge in [0.2, 0.25) is 5.91 Å². The van der Waals surface area contributed by atoms with Crippen LogP contribution in [0.2, 0.25) is 0 Å². The molecule has 0 aliphatic carbocycles. The Morgan fingerprint density at radius 1 is 1.13 bits per heavy atom. The van der Waals surface area contributed by atoms with E-state index in [1.54, 1.807) is 17.5 Å². The van der Waals surface area contributed by atoms with E-state index in [-0.39, 0.29) is 24.6 Å². The van der Waals surface area contributed by atoms with Gasteiger partial charge in [-0.3, -0.25) is 14.3 Å². The van der Waals surface area contributed by atoms with Gasteiger partial charge in [0.1, 0.15) is 12.6 Å². The van der Waals surface area contributed by atoms with Gasteiger partial charge in [0, 0.05) is 30.9 Å². The average molecular weight is 555 g/mol. The van der Waals surface area contributed by atoms with Gasteiger partial charge in [-0.1, -0.05) is 29.5 Å². The molecule has 1 aliphatic heterocycles. The maximum absolute atomic E-state index is 12.1. The van der Waals surface area contributed by atoms with E-state index in [1.807, 2.05) is 73.8 Å². The first-order valence-corrected chi connectivity index (χ1v) is 13.7. The number of ether oxygens (including phenoxy) is 1. The fourth-order valence-electron chi connectivity index (χ4n) is 4.96. The van der Waals surface area contributed by atoms with Crippen LogP contribution >= 0.6 is 23.6 Å². The third-order valence-corrected chi connectivity index (χ3v) is 8.06. The zero-order chi connectivity index (χ0) is 26.9. The summed E-state index contributed by atoms with van der Waals surface area (Å²) in [7, 11) is 1.50. The van der Waals surface area contributed by atoms with Crippen molar-refractivity contribution in [3.05, 3.63) is 102 Å². The first-order chi connectivity index (χ1) is 19.0. The zero-order valence-electron chi connectivity index (χ0n) is 21.4. The summed E-state index contributed by atoms with van der Waals surface area (Å²) in [6, 6.07) is 23.7. The number of rotatable bonds is 7. The van der Waals surface area contributed by atoms with Gasteiger partial charge in [0.25, 0.3) is 0 Å². The lowest BCUT2D eigenvalue weighted by atomic mass is 10.0. The van der Waals surface area contributed by atoms with Crippen molar-refractivity contribution in [3.8, 4) is 5.13 Å². The van der Waals surface area contributed by atoms with E-state index < -0.39 is 0 Å². The Labute approximate surface area is 235 Å². The number of amides is 1. The predicted octanol–water partition coefficient (Wildman–Crippen LogP) is 5.55. The molecule has 10 heteroatoms. The number of nitrogens with one attached hydrogen (secondary N) is 2. The van der Waals surface area contributed by atoms with E-state index in [0.717, 1.165) is 43.7 Å². The number of hydrogen-bond acceptors (Lipinski definition) is 6. The van der Waals surface area contributed by atoms with Crippen molar-refractivity contribution in [1.29, 1.82) is 0 Å². The number of thiocarbonyl (C=S) groups is 1. The van der Waals surface area contributed by atoms with Gasteiger partial charge in [-0.2, -0.15) is 0 Å². The van der Waals surface area contributed by atoms with Gasteiger partial charge in [-0.05, 0) is 79.3 Å². The number of benzene rings is 2. The molecule has 1 fully saturated rings. The van der Waals surface area contributed by atoms with E-state index in [9.17, 15) is 4.79 Å². The molecule has 1 aliphatic rings. The molecule has 8 nitrogen and oxygen atoms in total. The zero-order valence-corrected chi connectivity index (χ0v) is 23.0. The normalized spacial score (nSPS) is 17.0. The molecule has 2 atom stereocenters. The summed E-state index contributed by atoms with van der Waals surface area (Å²) in [5.41, 5.74) is 5.46. The molecular weight excluding hydrogens is 528 g/mol. The molecule has 2 aromatic carbocycles. The van der Waals surface area contributed by atoms with Crippen LogP contribution in [0.3, 0.4) is 0 Å². The van der Waals surface area contributed by atoms with Gasteiger partial charge < -0.3 is 20.3 Å². The summed E-state index contributed by atoms with van der Waals surface area (Å²) >= 11 is 7.57. The molecule has 2 N–H and O–H groups in total. The second-order valence-electron chi connectivity index (χ2n) is 9.24. The lowest BCUT2D eigenvalue weighted by molar-refractivity contribution is -0.119. The molecular formula is C29H26N6O2S2. The third kappa shape index (κ3) is 4.78. The number of fused-ring (bicyclic) bond motifs is 1. The molecule has 196 valence electrons. The van der Waals surface area contributed by atoms with Gasteiger partial charge >= 0.3 is 0 Å². The Balaban J connectivity index is 1.44. The fraction of sp³-hybridized carbons (Fsp3) is 0.172. The number of carbonyl (C=O) groups is 1. The molecule has 1 amide bonds. The van der Waals surface area contributed by atoms with Crippen LogP contribution in [0.5, 0.6) is 0 Å². The fourth-order valence-corrected chi connectivity index (χ4v) is 6.28. The number of thiazole rings is 1. The predicted molar refractivity (Wildman–Crippen MR) is 159 cm³/mol. The molecule has 0 radical (unpaired) electrons. The monoisotopic (exact) mass is 554 g/mol. The van der Waals surface area contributed by atoms with Crippen LogP contribution in [0.25, 0.3) is 15.3 Å². The van der Waals surface area contributed by atoms with Crippen LogP contribution in [0.4, 0.5) is 11.4 Å². The molecule has 39 heavy (non-hydrogen) atoms. The highest BCUT2D eigenvalue weighted by Gasteiger charge is 2.42. The van der Waals surface area contributed by atoms with Crippen molar-refractivity contribution >= 4 is 56.2 Å². The SMILES string of the molecule is COCC(=O)Nc1ccc(N2C(=S)NC(c3ccccn3)C2c2cccn2-c2nc3ccccc3s2)cc1C. The van der Waals surface area contributed by atoms with Crippen molar-refractivity contribution in [2.45, 2.75) is 19.0 Å². The molecule has 2 unspecified atom stereocenters. The molecule has 3 aromatic heterocycles. The number of hydrogen-bond donors (Lipinski definition) is 2. The summed E-state index contributed by atoms with van der Waals surface area (Å²) in [6.07, 6.45) is 3.84. The summed E-state index contributed by atoms with van der Waals surface area (Å²) in [6.45, 7) is 1.96. The lowest BCUT2D eigenvalue weighted by Crippen LogP contribution is -2.30. The van der Waals surface area contributed by atoms with Gasteiger partial charge in [0.15, 0.2) is 10.2 Å². The number of aryl methyl sites for hydroxylation is 1. The van der Waals surface area contributed by atoms with Crippen LogP contribution in [0.15, 0.2) is 85.2 Å². The summed E-state index contributed by atoms with van der Waals surface area (Å²) in [5, 5.41) is 7.92. The van der Waals surface area contributed by atoms with Crippen LogP contribution in [0, 0.1) is 6.92 Å². The topological polar surface area (TPSA) is 84.3 Å². The van der Waals surface area contributed by atoms with Gasteiger partial charge in [-0.25, -0.2) is 4.98 Å². The third-order valence-electron chi connectivity index (χ3n) is 6.71. The Hall–Kier alpha value is -4.12. The first-order valence-electron chi connectivity index (χ1n) is 12.5. The Morgan fingerprint density at radius 2 is 1.97 bits per heavy atom. The standard InChI is InChI=1S/C29H26N6O2S2/c1-18-16-19(12-13-20(18)31-25(36)17-37-2)35-27(26(33-28(35)38)22-9-5-6-14-30-22)23-10-7-15-34(23)29-32-21-8-3-4-11-24(21)39-29/h3-16,26-27H,17H2,1-2H3,(H,31,36)(H,33,38). The smallest absolute Gasteiger partial charge is 0.250 e. The van der Waals surface area contributed by atoms with Crippen molar-refractivity contribution < 1.29 is 9.53 Å². The van der Waals surface area contributed by atoms with Crippen molar-refractivity contribution in [3.63, 3.8) is 0 Å². The number of pyridine rings is 1. The number of para-hydroxylation sites is 1. The van der Waals surface area contributed by atoms with E-state index in [0.29, 0.717) is 5.11 Å². The molecule has 0 bridgehead atoms. The van der Waals surface area contributed by atoms with Crippen molar-refractivity contribution in [2.75, 3.05) is 23.9 Å². The molecule has 4 heterocycles. The quantitative estimate of drug-likeness (QED) is 0.255. The second kappa shape index (κ2) is 10.6. The highest BCUT2D eigenvalue weighted by atomic mass is 32.1. The molecule has 6 rings (SSSR count). The first kappa shape index (κ1) is 25.2. The average Bonchev–Trinajstić information content (AvgIpc) is 3.66. The highest BCUT2D eigenvalue weighted by molar-refractivity contribution is 7.80.